The zero-order valence-electron chi connectivity index (χ0n) is 6.54. The van der Waals surface area contributed by atoms with Crippen LogP contribution in [0.5, 0.6) is 0 Å². The fourth-order valence-electron chi connectivity index (χ4n) is 0.701. The van der Waals surface area contributed by atoms with E-state index in [1.165, 1.54) is 0 Å². The van der Waals surface area contributed by atoms with Crippen molar-refractivity contribution in [3.8, 4) is 0 Å². The van der Waals surface area contributed by atoms with E-state index >= 15 is 0 Å². The molecule has 0 aromatic heterocycles. The van der Waals surface area contributed by atoms with Crippen molar-refractivity contribution in [3.05, 3.63) is 0 Å². The van der Waals surface area contributed by atoms with Crippen LogP contribution in [0.3, 0.4) is 0 Å². The summed E-state index contributed by atoms with van der Waals surface area (Å²) in [5, 5.41) is 0. The molecule has 1 radical (unpaired) electrons. The van der Waals surface area contributed by atoms with E-state index in [-0.39, 0.29) is 19.5 Å². The third-order valence-electron chi connectivity index (χ3n) is 1.30. The van der Waals surface area contributed by atoms with Crippen LogP contribution >= 0.6 is 34.8 Å². The van der Waals surface area contributed by atoms with Crippen LogP contribution in [0, 0.1) is 0 Å². The predicted molar refractivity (Wildman–Crippen MR) is 48.1 cm³/mol. The molecular formula is C6H12Cl3NRh. The van der Waals surface area contributed by atoms with Crippen LogP contribution in [0.15, 0.2) is 0 Å². The number of hydrogen-bond acceptors (Lipinski definition) is 1. The van der Waals surface area contributed by atoms with Gasteiger partial charge in [-0.05, 0) is 13.1 Å². The van der Waals surface area contributed by atoms with E-state index in [0.717, 1.165) is 13.1 Å². The zero-order valence-corrected chi connectivity index (χ0v) is 10.4. The Morgan fingerprint density at radius 2 is 1.45 bits per heavy atom. The van der Waals surface area contributed by atoms with Crippen LogP contribution in [-0.2, 0) is 19.5 Å². The Bertz CT molecular complexity index is 90.3. The molecule has 0 aliphatic carbocycles. The molecule has 0 heterocycles. The third kappa shape index (κ3) is 9.37. The maximum absolute atomic E-state index is 5.57. The Kier molecular flexibility index (Phi) is 9.40. The van der Waals surface area contributed by atoms with E-state index in [4.69, 9.17) is 34.8 Å². The Labute approximate surface area is 96.1 Å². The van der Waals surface area contributed by atoms with Gasteiger partial charge in [-0.25, -0.2) is 0 Å². The topological polar surface area (TPSA) is 3.24 Å². The summed E-state index contributed by atoms with van der Waals surface area (Å²) in [5.74, 6) is 0. The number of halogens is 3. The molecule has 0 aromatic rings. The number of rotatable bonds is 3. The molecule has 0 aromatic carbocycles. The van der Waals surface area contributed by atoms with Gasteiger partial charge in [0.1, 0.15) is 0 Å². The number of hydrogen-bond donors (Lipinski definition) is 0. The van der Waals surface area contributed by atoms with Crippen molar-refractivity contribution in [2.75, 3.05) is 19.6 Å². The van der Waals surface area contributed by atoms with Gasteiger partial charge in [0, 0.05) is 26.0 Å². The summed E-state index contributed by atoms with van der Waals surface area (Å²) in [7, 11) is 0. The van der Waals surface area contributed by atoms with E-state index in [1.807, 2.05) is 13.8 Å². The smallest absolute Gasteiger partial charge is 0.203 e. The van der Waals surface area contributed by atoms with Gasteiger partial charge < -0.3 is 0 Å². The average Bonchev–Trinajstić information content (AvgIpc) is 1.81. The fourth-order valence-corrected chi connectivity index (χ4v) is 1.21. The Morgan fingerprint density at radius 3 is 1.55 bits per heavy atom. The summed E-state index contributed by atoms with van der Waals surface area (Å²) in [5.41, 5.74) is 0. The molecule has 0 unspecified atom stereocenters. The molecule has 0 amide bonds. The minimum atomic E-state index is -1.13. The molecule has 0 bridgehead atoms. The van der Waals surface area contributed by atoms with Crippen LogP contribution in [0.4, 0.5) is 0 Å². The van der Waals surface area contributed by atoms with Gasteiger partial charge in [-0.3, -0.25) is 4.90 Å². The third-order valence-corrected chi connectivity index (χ3v) is 1.66. The van der Waals surface area contributed by atoms with Gasteiger partial charge in [-0.15, -0.1) is 0 Å². The van der Waals surface area contributed by atoms with Gasteiger partial charge in [0.25, 0.3) is 0 Å². The minimum Gasteiger partial charge on any atom is -0.300 e. The van der Waals surface area contributed by atoms with Crippen molar-refractivity contribution < 1.29 is 19.5 Å². The van der Waals surface area contributed by atoms with E-state index < -0.39 is 3.79 Å². The van der Waals surface area contributed by atoms with Crippen LogP contribution in [0.2, 0.25) is 0 Å². The summed E-state index contributed by atoms with van der Waals surface area (Å²) in [4.78, 5) is 2.06. The van der Waals surface area contributed by atoms with E-state index in [1.54, 1.807) is 0 Å². The Hall–Kier alpha value is 1.45. The second kappa shape index (κ2) is 6.91. The van der Waals surface area contributed by atoms with Gasteiger partial charge >= 0.3 is 0 Å². The fraction of sp³-hybridized carbons (Fsp3) is 1.00. The molecule has 71 valence electrons. The molecule has 0 saturated heterocycles. The first-order valence-corrected chi connectivity index (χ1v) is 4.42. The first kappa shape index (κ1) is 14.9. The molecule has 0 aliphatic heterocycles. The van der Waals surface area contributed by atoms with E-state index in [0.29, 0.717) is 6.54 Å². The molecule has 1 nitrogen and oxygen atoms in total. The summed E-state index contributed by atoms with van der Waals surface area (Å²) in [6, 6.07) is 0. The van der Waals surface area contributed by atoms with Crippen LogP contribution in [0.1, 0.15) is 13.8 Å². The summed E-state index contributed by atoms with van der Waals surface area (Å²) in [6.45, 7) is 6.43. The van der Waals surface area contributed by atoms with Crippen molar-refractivity contribution >= 4 is 34.8 Å². The first-order chi connectivity index (χ1) is 4.49. The maximum Gasteiger partial charge on any atom is 0.203 e. The number of nitrogens with zero attached hydrogens (tertiary/aromatic N) is 1. The standard InChI is InChI=1S/C6H12Cl3N.Rh/c1-3-10(4-2)5-6(7,8)9;/h3-5H2,1-2H3;. The molecule has 0 N–H and O–H groups in total. The Morgan fingerprint density at radius 1 is 1.09 bits per heavy atom. The number of alkyl halides is 3. The van der Waals surface area contributed by atoms with Crippen molar-refractivity contribution in [1.82, 2.24) is 4.90 Å². The summed E-state index contributed by atoms with van der Waals surface area (Å²) < 4.78 is -1.13. The van der Waals surface area contributed by atoms with Crippen LogP contribution in [-0.4, -0.2) is 28.3 Å². The Balaban J connectivity index is 0. The van der Waals surface area contributed by atoms with Gasteiger partial charge in [0.15, 0.2) is 0 Å². The van der Waals surface area contributed by atoms with Gasteiger partial charge in [0.2, 0.25) is 3.79 Å². The van der Waals surface area contributed by atoms with Gasteiger partial charge in [-0.2, -0.15) is 0 Å². The predicted octanol–water partition coefficient (Wildman–Crippen LogP) is 2.70. The molecule has 5 heteroatoms. The average molecular weight is 307 g/mol. The molecule has 0 atom stereocenters. The summed E-state index contributed by atoms with van der Waals surface area (Å²) in [6.07, 6.45) is 0. The quantitative estimate of drug-likeness (QED) is 0.572. The van der Waals surface area contributed by atoms with Crippen LogP contribution < -0.4 is 0 Å². The molecule has 0 saturated carbocycles. The van der Waals surface area contributed by atoms with E-state index in [9.17, 15) is 0 Å². The molecule has 11 heavy (non-hydrogen) atoms. The van der Waals surface area contributed by atoms with Crippen molar-refractivity contribution in [1.29, 1.82) is 0 Å². The zero-order chi connectivity index (χ0) is 8.20. The van der Waals surface area contributed by atoms with Crippen molar-refractivity contribution in [3.63, 3.8) is 0 Å². The second-order valence-electron chi connectivity index (χ2n) is 2.08. The SMILES string of the molecule is CCN(CC)CC(Cl)(Cl)Cl.[Rh]. The monoisotopic (exact) mass is 306 g/mol. The van der Waals surface area contributed by atoms with Crippen LogP contribution in [0.25, 0.3) is 0 Å². The van der Waals surface area contributed by atoms with Crippen molar-refractivity contribution in [2.24, 2.45) is 0 Å². The van der Waals surface area contributed by atoms with Crippen molar-refractivity contribution in [2.45, 2.75) is 17.6 Å². The summed E-state index contributed by atoms with van der Waals surface area (Å²) >= 11 is 16.7. The molecular weight excluding hydrogens is 295 g/mol. The minimum absolute atomic E-state index is 0. The van der Waals surface area contributed by atoms with E-state index in [2.05, 4.69) is 4.90 Å². The largest absolute Gasteiger partial charge is 0.300 e. The van der Waals surface area contributed by atoms with Gasteiger partial charge in [0.05, 0.1) is 0 Å². The normalized spacial score (nSPS) is 11.5. The maximum atomic E-state index is 5.57. The molecule has 0 fully saturated rings. The second-order valence-corrected chi connectivity index (χ2v) is 4.59. The molecule has 0 aliphatic rings. The molecule has 0 spiro atoms. The van der Waals surface area contributed by atoms with Gasteiger partial charge in [-0.1, -0.05) is 48.7 Å². The molecule has 0 rings (SSSR count). The first-order valence-electron chi connectivity index (χ1n) is 3.28.